The van der Waals surface area contributed by atoms with Crippen molar-refractivity contribution in [2.24, 2.45) is 5.10 Å². The smallest absolute Gasteiger partial charge is 0.267 e. The predicted molar refractivity (Wildman–Crippen MR) is 80.3 cm³/mol. The molecule has 0 bridgehead atoms. The Labute approximate surface area is 120 Å². The molecular formula is C14H13ClN2OS. The van der Waals surface area contributed by atoms with E-state index in [1.165, 1.54) is 4.88 Å². The molecule has 1 heterocycles. The van der Waals surface area contributed by atoms with Gasteiger partial charge in [0, 0.05) is 20.3 Å². The van der Waals surface area contributed by atoms with E-state index in [1.54, 1.807) is 29.7 Å². The molecule has 0 atom stereocenters. The van der Waals surface area contributed by atoms with Gasteiger partial charge in [-0.1, -0.05) is 17.7 Å². The van der Waals surface area contributed by atoms with Crippen LogP contribution in [0, 0.1) is 13.8 Å². The zero-order valence-electron chi connectivity index (χ0n) is 10.6. The van der Waals surface area contributed by atoms with E-state index in [2.05, 4.69) is 10.5 Å². The number of hydrogen-bond acceptors (Lipinski definition) is 3. The Hall–Kier alpha value is -1.65. The molecule has 1 aromatic heterocycles. The molecule has 0 aliphatic heterocycles. The van der Waals surface area contributed by atoms with Gasteiger partial charge in [-0.3, -0.25) is 4.79 Å². The summed E-state index contributed by atoms with van der Waals surface area (Å²) in [6.07, 6.45) is 1.63. The highest BCUT2D eigenvalue weighted by molar-refractivity contribution is 7.13. The van der Waals surface area contributed by atoms with Crippen LogP contribution in [0.4, 0.5) is 0 Å². The highest BCUT2D eigenvalue weighted by Crippen LogP contribution is 2.16. The van der Waals surface area contributed by atoms with Crippen LogP contribution >= 0.6 is 22.9 Å². The topological polar surface area (TPSA) is 41.5 Å². The second-order valence-corrected chi connectivity index (χ2v) is 5.84. The third-order valence-electron chi connectivity index (χ3n) is 2.55. The van der Waals surface area contributed by atoms with Crippen LogP contribution < -0.4 is 5.43 Å². The van der Waals surface area contributed by atoms with E-state index in [-0.39, 0.29) is 5.91 Å². The molecule has 0 unspecified atom stereocenters. The molecule has 0 saturated carbocycles. The van der Waals surface area contributed by atoms with Crippen LogP contribution in [-0.4, -0.2) is 12.1 Å². The molecule has 0 spiro atoms. The number of rotatable bonds is 3. The molecule has 1 amide bonds. The standard InChI is InChI=1S/C14H13ClN2OS/c1-9-3-5-11(7-13(9)15)14(18)17-16-8-12-6-4-10(2)19-12/h3-8H,1-2H3,(H,17,18)/b16-8-. The average Bonchev–Trinajstić information content (AvgIpc) is 2.78. The van der Waals surface area contributed by atoms with Gasteiger partial charge in [0.25, 0.3) is 5.91 Å². The first-order valence-electron chi connectivity index (χ1n) is 5.72. The normalized spacial score (nSPS) is 10.9. The molecule has 0 aliphatic carbocycles. The average molecular weight is 293 g/mol. The van der Waals surface area contributed by atoms with Crippen molar-refractivity contribution in [3.63, 3.8) is 0 Å². The van der Waals surface area contributed by atoms with Gasteiger partial charge in [0.15, 0.2) is 0 Å². The highest BCUT2D eigenvalue weighted by atomic mass is 35.5. The predicted octanol–water partition coefficient (Wildman–Crippen LogP) is 3.78. The molecule has 2 aromatic rings. The van der Waals surface area contributed by atoms with Crippen LogP contribution in [0.2, 0.25) is 5.02 Å². The minimum absolute atomic E-state index is 0.272. The third kappa shape index (κ3) is 3.66. The number of nitrogens with zero attached hydrogens (tertiary/aromatic N) is 1. The van der Waals surface area contributed by atoms with Gasteiger partial charge >= 0.3 is 0 Å². The number of amides is 1. The molecule has 5 heteroatoms. The lowest BCUT2D eigenvalue weighted by atomic mass is 10.1. The molecule has 1 aromatic carbocycles. The summed E-state index contributed by atoms with van der Waals surface area (Å²) in [5.74, 6) is -0.272. The number of hydrazone groups is 1. The summed E-state index contributed by atoms with van der Waals surface area (Å²) < 4.78 is 0. The molecule has 1 N–H and O–H groups in total. The van der Waals surface area contributed by atoms with E-state index in [0.29, 0.717) is 10.6 Å². The molecule has 0 saturated heterocycles. The van der Waals surface area contributed by atoms with Gasteiger partial charge in [-0.15, -0.1) is 11.3 Å². The molecule has 2 rings (SSSR count). The monoisotopic (exact) mass is 292 g/mol. The Morgan fingerprint density at radius 1 is 1.32 bits per heavy atom. The van der Waals surface area contributed by atoms with E-state index in [9.17, 15) is 4.79 Å². The summed E-state index contributed by atoms with van der Waals surface area (Å²) in [5.41, 5.74) is 3.92. The van der Waals surface area contributed by atoms with E-state index in [0.717, 1.165) is 10.4 Å². The van der Waals surface area contributed by atoms with Crippen molar-refractivity contribution in [2.75, 3.05) is 0 Å². The molecule has 3 nitrogen and oxygen atoms in total. The largest absolute Gasteiger partial charge is 0.271 e. The van der Waals surface area contributed by atoms with E-state index in [4.69, 9.17) is 11.6 Å². The van der Waals surface area contributed by atoms with Gasteiger partial charge < -0.3 is 0 Å². The molecule has 0 aliphatic rings. The number of halogens is 1. The van der Waals surface area contributed by atoms with Crippen LogP contribution in [0.3, 0.4) is 0 Å². The van der Waals surface area contributed by atoms with Crippen LogP contribution in [0.25, 0.3) is 0 Å². The Morgan fingerprint density at radius 2 is 2.11 bits per heavy atom. The Balaban J connectivity index is 2.01. The molecule has 0 radical (unpaired) electrons. The second-order valence-electron chi connectivity index (χ2n) is 4.11. The number of aryl methyl sites for hydroxylation is 2. The first kappa shape index (κ1) is 13.8. The van der Waals surface area contributed by atoms with Crippen LogP contribution in [0.15, 0.2) is 35.4 Å². The third-order valence-corrected chi connectivity index (χ3v) is 3.90. The van der Waals surface area contributed by atoms with Gasteiger partial charge in [0.2, 0.25) is 0 Å². The fraction of sp³-hybridized carbons (Fsp3) is 0.143. The number of nitrogens with one attached hydrogen (secondary N) is 1. The number of thiophene rings is 1. The molecular weight excluding hydrogens is 280 g/mol. The number of benzene rings is 1. The van der Waals surface area contributed by atoms with Crippen molar-refractivity contribution < 1.29 is 4.79 Å². The number of hydrogen-bond donors (Lipinski definition) is 1. The van der Waals surface area contributed by atoms with Gasteiger partial charge in [0.05, 0.1) is 6.21 Å². The number of carbonyl (C=O) groups is 1. The lowest BCUT2D eigenvalue weighted by molar-refractivity contribution is 0.0955. The van der Waals surface area contributed by atoms with Crippen LogP contribution in [-0.2, 0) is 0 Å². The van der Waals surface area contributed by atoms with E-state index in [1.807, 2.05) is 32.0 Å². The SMILES string of the molecule is Cc1ccc(/C=N\NC(=O)c2ccc(C)c(Cl)c2)s1. The van der Waals surface area contributed by atoms with Crippen molar-refractivity contribution in [2.45, 2.75) is 13.8 Å². The summed E-state index contributed by atoms with van der Waals surface area (Å²) in [7, 11) is 0. The molecule has 0 fully saturated rings. The maximum Gasteiger partial charge on any atom is 0.271 e. The van der Waals surface area contributed by atoms with Gasteiger partial charge in [-0.25, -0.2) is 5.43 Å². The number of carbonyl (C=O) groups excluding carboxylic acids is 1. The zero-order valence-corrected chi connectivity index (χ0v) is 12.2. The van der Waals surface area contributed by atoms with E-state index >= 15 is 0 Å². The van der Waals surface area contributed by atoms with Gasteiger partial charge in [-0.2, -0.15) is 5.10 Å². The maximum absolute atomic E-state index is 11.8. The lowest BCUT2D eigenvalue weighted by Gasteiger charge is -2.02. The van der Waals surface area contributed by atoms with Crippen LogP contribution in [0.1, 0.15) is 25.7 Å². The molecule has 98 valence electrons. The second kappa shape index (κ2) is 5.99. The minimum Gasteiger partial charge on any atom is -0.267 e. The van der Waals surface area contributed by atoms with Gasteiger partial charge in [-0.05, 0) is 43.7 Å². The van der Waals surface area contributed by atoms with E-state index < -0.39 is 0 Å². The molecule has 19 heavy (non-hydrogen) atoms. The summed E-state index contributed by atoms with van der Waals surface area (Å²) in [6.45, 7) is 3.91. The first-order chi connectivity index (χ1) is 9.06. The fourth-order valence-electron chi connectivity index (χ4n) is 1.48. The quantitative estimate of drug-likeness (QED) is 0.679. The highest BCUT2D eigenvalue weighted by Gasteiger charge is 2.05. The zero-order chi connectivity index (χ0) is 13.8. The van der Waals surface area contributed by atoms with Crippen LogP contribution in [0.5, 0.6) is 0 Å². The summed E-state index contributed by atoms with van der Waals surface area (Å²) in [4.78, 5) is 14.0. The summed E-state index contributed by atoms with van der Waals surface area (Å²) >= 11 is 7.59. The maximum atomic E-state index is 11.8. The summed E-state index contributed by atoms with van der Waals surface area (Å²) in [5, 5.41) is 4.50. The van der Waals surface area contributed by atoms with Gasteiger partial charge in [0.1, 0.15) is 0 Å². The lowest BCUT2D eigenvalue weighted by Crippen LogP contribution is -2.17. The first-order valence-corrected chi connectivity index (χ1v) is 6.92. The van der Waals surface area contributed by atoms with Crippen molar-refractivity contribution >= 4 is 35.1 Å². The Morgan fingerprint density at radius 3 is 2.74 bits per heavy atom. The van der Waals surface area contributed by atoms with Crippen molar-refractivity contribution in [3.8, 4) is 0 Å². The van der Waals surface area contributed by atoms with Crippen molar-refractivity contribution in [3.05, 3.63) is 56.2 Å². The van der Waals surface area contributed by atoms with Crippen molar-refractivity contribution in [1.82, 2.24) is 5.43 Å². The Bertz CT molecular complexity index is 634. The summed E-state index contributed by atoms with van der Waals surface area (Å²) in [6, 6.07) is 9.13. The Kier molecular flexibility index (Phi) is 4.35. The van der Waals surface area contributed by atoms with Crippen molar-refractivity contribution in [1.29, 1.82) is 0 Å². The fourth-order valence-corrected chi connectivity index (χ4v) is 2.41. The minimum atomic E-state index is -0.272.